The smallest absolute Gasteiger partial charge is 0.303 e. The van der Waals surface area contributed by atoms with Gasteiger partial charge in [-0.15, -0.1) is 0 Å². The van der Waals surface area contributed by atoms with Crippen LogP contribution in [-0.4, -0.2) is 33.1 Å². The lowest BCUT2D eigenvalue weighted by Crippen LogP contribution is -2.34. The Morgan fingerprint density at radius 2 is 2.08 bits per heavy atom. The third kappa shape index (κ3) is 6.08. The molecule has 0 fully saturated rings. The quantitative estimate of drug-likeness (QED) is 0.470. The molecular formula is C5H12N2O4S. The zero-order valence-corrected chi connectivity index (χ0v) is 7.52. The predicted molar refractivity (Wildman–Crippen MR) is 42.9 cm³/mol. The molecule has 12 heavy (non-hydrogen) atoms. The van der Waals surface area contributed by atoms with Crippen LogP contribution in [0.15, 0.2) is 0 Å². The van der Waals surface area contributed by atoms with Crippen molar-refractivity contribution in [2.75, 3.05) is 13.6 Å². The van der Waals surface area contributed by atoms with Crippen molar-refractivity contribution in [3.05, 3.63) is 0 Å². The van der Waals surface area contributed by atoms with Gasteiger partial charge < -0.3 is 5.11 Å². The number of carbonyl (C=O) groups is 1. The summed E-state index contributed by atoms with van der Waals surface area (Å²) in [6.07, 6.45) is 0.252. The fourth-order valence-electron chi connectivity index (χ4n) is 0.518. The molecule has 0 aromatic heterocycles. The second-order valence-electron chi connectivity index (χ2n) is 2.10. The molecule has 0 saturated carbocycles. The maximum Gasteiger partial charge on any atom is 0.303 e. The van der Waals surface area contributed by atoms with Crippen molar-refractivity contribution in [3.63, 3.8) is 0 Å². The normalized spacial score (nSPS) is 11.4. The predicted octanol–water partition coefficient (Wildman–Crippen LogP) is -1.09. The van der Waals surface area contributed by atoms with E-state index in [4.69, 9.17) is 5.11 Å². The van der Waals surface area contributed by atoms with Crippen molar-refractivity contribution >= 4 is 16.2 Å². The fourth-order valence-corrected chi connectivity index (χ4v) is 1.08. The Hall–Kier alpha value is -0.660. The number of carboxylic acid groups (broad SMARTS) is 1. The molecule has 0 aliphatic carbocycles. The van der Waals surface area contributed by atoms with E-state index in [9.17, 15) is 13.2 Å². The summed E-state index contributed by atoms with van der Waals surface area (Å²) in [6, 6.07) is 0. The SMILES string of the molecule is CNS(=O)(=O)NCCCC(=O)O. The van der Waals surface area contributed by atoms with Gasteiger partial charge in [0, 0.05) is 20.0 Å². The lowest BCUT2D eigenvalue weighted by atomic mass is 10.3. The molecule has 0 amide bonds. The van der Waals surface area contributed by atoms with Gasteiger partial charge in [0.05, 0.1) is 0 Å². The van der Waals surface area contributed by atoms with Crippen molar-refractivity contribution in [2.45, 2.75) is 12.8 Å². The zero-order chi connectivity index (χ0) is 9.61. The maximum atomic E-state index is 10.7. The van der Waals surface area contributed by atoms with Gasteiger partial charge in [-0.3, -0.25) is 4.79 Å². The first-order valence-electron chi connectivity index (χ1n) is 3.38. The van der Waals surface area contributed by atoms with Crippen LogP contribution in [0.3, 0.4) is 0 Å². The molecule has 6 nitrogen and oxygen atoms in total. The van der Waals surface area contributed by atoms with Gasteiger partial charge in [0.1, 0.15) is 0 Å². The van der Waals surface area contributed by atoms with E-state index in [1.165, 1.54) is 7.05 Å². The van der Waals surface area contributed by atoms with E-state index in [0.717, 1.165) is 0 Å². The fraction of sp³-hybridized carbons (Fsp3) is 0.800. The number of rotatable bonds is 6. The maximum absolute atomic E-state index is 10.7. The van der Waals surface area contributed by atoms with Gasteiger partial charge in [-0.1, -0.05) is 0 Å². The molecule has 7 heteroatoms. The Morgan fingerprint density at radius 1 is 1.50 bits per heavy atom. The molecule has 0 rings (SSSR count). The topological polar surface area (TPSA) is 95.5 Å². The van der Waals surface area contributed by atoms with E-state index >= 15 is 0 Å². The Labute approximate surface area is 71.2 Å². The first kappa shape index (κ1) is 11.3. The van der Waals surface area contributed by atoms with Crippen LogP contribution in [0.5, 0.6) is 0 Å². The van der Waals surface area contributed by atoms with Crippen molar-refractivity contribution in [3.8, 4) is 0 Å². The minimum atomic E-state index is -3.41. The molecule has 0 heterocycles. The summed E-state index contributed by atoms with van der Waals surface area (Å²) in [7, 11) is -2.13. The molecule has 0 aromatic carbocycles. The third-order valence-electron chi connectivity index (χ3n) is 1.13. The Morgan fingerprint density at radius 3 is 2.50 bits per heavy atom. The lowest BCUT2D eigenvalue weighted by molar-refractivity contribution is -0.137. The van der Waals surface area contributed by atoms with Gasteiger partial charge in [0.2, 0.25) is 0 Å². The summed E-state index contributed by atoms with van der Waals surface area (Å²) in [5, 5.41) is 8.21. The van der Waals surface area contributed by atoms with Gasteiger partial charge in [0.15, 0.2) is 0 Å². The van der Waals surface area contributed by atoms with Gasteiger partial charge in [-0.2, -0.15) is 8.42 Å². The molecule has 0 bridgehead atoms. The minimum absolute atomic E-state index is 0.0355. The second-order valence-corrected chi connectivity index (χ2v) is 3.80. The van der Waals surface area contributed by atoms with E-state index in [1.807, 2.05) is 4.72 Å². The summed E-state index contributed by atoms with van der Waals surface area (Å²) < 4.78 is 25.6. The van der Waals surface area contributed by atoms with Crippen molar-refractivity contribution in [1.29, 1.82) is 0 Å². The molecule has 0 radical (unpaired) electrons. The number of hydrogen-bond donors (Lipinski definition) is 3. The Kier molecular flexibility index (Phi) is 4.79. The summed E-state index contributed by atoms with van der Waals surface area (Å²) >= 11 is 0. The number of nitrogens with one attached hydrogen (secondary N) is 2. The molecule has 0 atom stereocenters. The monoisotopic (exact) mass is 196 g/mol. The summed E-state index contributed by atoms with van der Waals surface area (Å²) in [5.74, 6) is -0.932. The highest BCUT2D eigenvalue weighted by Crippen LogP contribution is 1.86. The van der Waals surface area contributed by atoms with E-state index in [0.29, 0.717) is 0 Å². The van der Waals surface area contributed by atoms with Crippen LogP contribution < -0.4 is 9.44 Å². The van der Waals surface area contributed by atoms with E-state index in [2.05, 4.69) is 4.72 Å². The number of aliphatic carboxylic acids is 1. The average molecular weight is 196 g/mol. The van der Waals surface area contributed by atoms with Crippen LogP contribution in [0.1, 0.15) is 12.8 Å². The number of carboxylic acids is 1. The molecule has 3 N–H and O–H groups in total. The van der Waals surface area contributed by atoms with Gasteiger partial charge in [-0.05, 0) is 6.42 Å². The first-order chi connectivity index (χ1) is 5.48. The van der Waals surface area contributed by atoms with Crippen LogP contribution in [0.25, 0.3) is 0 Å². The van der Waals surface area contributed by atoms with Crippen molar-refractivity contribution in [2.24, 2.45) is 0 Å². The van der Waals surface area contributed by atoms with Gasteiger partial charge >= 0.3 is 5.97 Å². The summed E-state index contributed by atoms with van der Waals surface area (Å²) in [6.45, 7) is 0.134. The van der Waals surface area contributed by atoms with Gasteiger partial charge in [0.25, 0.3) is 10.2 Å². The largest absolute Gasteiger partial charge is 0.481 e. The standard InChI is InChI=1S/C5H12N2O4S/c1-6-12(10,11)7-4-2-3-5(8)9/h6-7H,2-4H2,1H3,(H,8,9). The van der Waals surface area contributed by atoms with E-state index < -0.39 is 16.2 Å². The summed E-state index contributed by atoms with van der Waals surface area (Å²) in [4.78, 5) is 10.0. The molecule has 72 valence electrons. The number of hydrogen-bond acceptors (Lipinski definition) is 3. The highest BCUT2D eigenvalue weighted by Gasteiger charge is 2.04. The van der Waals surface area contributed by atoms with Gasteiger partial charge in [-0.25, -0.2) is 9.44 Å². The molecule has 0 unspecified atom stereocenters. The van der Waals surface area contributed by atoms with E-state index in [1.54, 1.807) is 0 Å². The Bertz CT molecular complexity index is 236. The molecular weight excluding hydrogens is 184 g/mol. The third-order valence-corrected chi connectivity index (χ3v) is 2.25. The van der Waals surface area contributed by atoms with Crippen LogP contribution in [0.4, 0.5) is 0 Å². The summed E-state index contributed by atoms with van der Waals surface area (Å²) in [5.41, 5.74) is 0. The van der Waals surface area contributed by atoms with Crippen LogP contribution in [0.2, 0.25) is 0 Å². The highest BCUT2D eigenvalue weighted by atomic mass is 32.2. The van der Waals surface area contributed by atoms with E-state index in [-0.39, 0.29) is 19.4 Å². The minimum Gasteiger partial charge on any atom is -0.481 e. The average Bonchev–Trinajstić information content (AvgIpc) is 1.98. The second kappa shape index (κ2) is 5.07. The first-order valence-corrected chi connectivity index (χ1v) is 4.86. The molecule has 0 aliphatic rings. The molecule has 0 aromatic rings. The van der Waals surface area contributed by atoms with Crippen molar-refractivity contribution in [1.82, 2.24) is 9.44 Å². The molecule has 0 aliphatic heterocycles. The zero-order valence-electron chi connectivity index (χ0n) is 6.70. The van der Waals surface area contributed by atoms with Crippen LogP contribution in [-0.2, 0) is 15.0 Å². The molecule has 0 spiro atoms. The van der Waals surface area contributed by atoms with Crippen LogP contribution >= 0.6 is 0 Å². The highest BCUT2D eigenvalue weighted by molar-refractivity contribution is 7.87. The molecule has 0 saturated heterocycles. The lowest BCUT2D eigenvalue weighted by Gasteiger charge is -2.02. The Balaban J connectivity index is 3.51. The van der Waals surface area contributed by atoms with Crippen LogP contribution in [0, 0.1) is 0 Å². The van der Waals surface area contributed by atoms with Crippen molar-refractivity contribution < 1.29 is 18.3 Å².